The van der Waals surface area contributed by atoms with Gasteiger partial charge in [-0.1, -0.05) is 28.9 Å². The smallest absolute Gasteiger partial charge is 0.301 e. The third-order valence-electron chi connectivity index (χ3n) is 4.92. The number of methoxy groups -OCH3 is 1. The van der Waals surface area contributed by atoms with Crippen LogP contribution in [0.5, 0.6) is 11.5 Å². The van der Waals surface area contributed by atoms with E-state index in [0.717, 1.165) is 4.90 Å². The lowest BCUT2D eigenvalue weighted by atomic mass is 9.95. The number of benzene rings is 2. The number of carbonyl (C=O) groups is 2. The van der Waals surface area contributed by atoms with Crippen LogP contribution in [0.3, 0.4) is 0 Å². The van der Waals surface area contributed by atoms with Crippen molar-refractivity contribution in [3.8, 4) is 11.5 Å². The zero-order valence-corrected chi connectivity index (χ0v) is 17.3. The van der Waals surface area contributed by atoms with E-state index in [1.165, 1.54) is 43.5 Å². The van der Waals surface area contributed by atoms with E-state index in [-0.39, 0.29) is 27.7 Å². The number of hydrogen-bond acceptors (Lipinski definition) is 7. The Hall–Kier alpha value is -3.78. The van der Waals surface area contributed by atoms with Crippen LogP contribution in [0.15, 0.2) is 58.6 Å². The van der Waals surface area contributed by atoms with Gasteiger partial charge in [-0.3, -0.25) is 14.5 Å². The summed E-state index contributed by atoms with van der Waals surface area (Å²) in [5.74, 6) is -1.33. The average molecular weight is 441 g/mol. The number of aromatic hydroxyl groups is 1. The first kappa shape index (κ1) is 20.5. The number of phenols is 1. The minimum atomic E-state index is -1.04. The zero-order chi connectivity index (χ0) is 22.3. The molecule has 1 aliphatic rings. The van der Waals surface area contributed by atoms with Gasteiger partial charge < -0.3 is 19.5 Å². The van der Waals surface area contributed by atoms with E-state index in [9.17, 15) is 19.8 Å². The molecule has 0 spiro atoms. The monoisotopic (exact) mass is 440 g/mol. The molecule has 3 aromatic rings. The van der Waals surface area contributed by atoms with Crippen LogP contribution in [0, 0.1) is 6.92 Å². The van der Waals surface area contributed by atoms with Crippen LogP contribution >= 0.6 is 11.6 Å². The van der Waals surface area contributed by atoms with Gasteiger partial charge in [0.15, 0.2) is 5.82 Å². The highest BCUT2D eigenvalue weighted by molar-refractivity contribution is 6.51. The van der Waals surface area contributed by atoms with Crippen molar-refractivity contribution >= 4 is 34.9 Å². The number of aliphatic hydroxyl groups is 1. The maximum absolute atomic E-state index is 13.0. The Morgan fingerprint density at radius 2 is 1.97 bits per heavy atom. The molecule has 31 heavy (non-hydrogen) atoms. The normalized spacial score (nSPS) is 17.9. The van der Waals surface area contributed by atoms with Gasteiger partial charge in [0.1, 0.15) is 23.0 Å². The van der Waals surface area contributed by atoms with E-state index in [2.05, 4.69) is 5.16 Å². The lowest BCUT2D eigenvalue weighted by Crippen LogP contribution is -2.29. The third-order valence-corrected chi connectivity index (χ3v) is 5.21. The molecule has 0 bridgehead atoms. The van der Waals surface area contributed by atoms with Crippen LogP contribution in [-0.2, 0) is 9.59 Å². The van der Waals surface area contributed by atoms with Crippen molar-refractivity contribution in [2.24, 2.45) is 0 Å². The summed E-state index contributed by atoms with van der Waals surface area (Å²) in [6.45, 7) is 1.65. The molecule has 1 saturated heterocycles. The van der Waals surface area contributed by atoms with Crippen LogP contribution in [0.25, 0.3) is 5.76 Å². The standard InChI is InChI=1S/C22H17ClN2O6/c1-11-8-17(24-31-11)25-19(12-4-3-5-14(26)9-12)18(21(28)22(25)29)20(27)13-6-7-16(30-2)15(23)10-13/h3-10,19,26-27H,1-2H3/b20-18+/t19-/m1/s1. The number of ketones is 1. The van der Waals surface area contributed by atoms with Crippen molar-refractivity contribution < 1.29 is 29.1 Å². The molecule has 1 aliphatic heterocycles. The summed E-state index contributed by atoms with van der Waals surface area (Å²) < 4.78 is 10.2. The predicted molar refractivity (Wildman–Crippen MR) is 112 cm³/mol. The van der Waals surface area contributed by atoms with E-state index in [1.807, 2.05) is 0 Å². The SMILES string of the molecule is COc1ccc(/C(O)=C2\C(=O)C(=O)N(c3cc(C)on3)[C@@H]2c2cccc(O)c2)cc1Cl. The number of hydrogen-bond donors (Lipinski definition) is 2. The molecule has 0 saturated carbocycles. The first-order valence-electron chi connectivity index (χ1n) is 9.19. The molecule has 9 heteroatoms. The van der Waals surface area contributed by atoms with Gasteiger partial charge >= 0.3 is 5.91 Å². The molecule has 1 amide bonds. The van der Waals surface area contributed by atoms with Crippen molar-refractivity contribution in [3.05, 3.63) is 76.0 Å². The van der Waals surface area contributed by atoms with Crippen molar-refractivity contribution in [2.45, 2.75) is 13.0 Å². The number of rotatable bonds is 4. The summed E-state index contributed by atoms with van der Waals surface area (Å²) in [5, 5.41) is 25.1. The van der Waals surface area contributed by atoms with E-state index in [0.29, 0.717) is 17.1 Å². The minimum Gasteiger partial charge on any atom is -0.508 e. The average Bonchev–Trinajstić information content (AvgIpc) is 3.28. The number of anilines is 1. The second-order valence-electron chi connectivity index (χ2n) is 6.91. The highest BCUT2D eigenvalue weighted by atomic mass is 35.5. The summed E-state index contributed by atoms with van der Waals surface area (Å²) >= 11 is 6.17. The molecule has 2 heterocycles. The Labute approximate surface area is 181 Å². The molecular weight excluding hydrogens is 424 g/mol. The van der Waals surface area contributed by atoms with Gasteiger partial charge in [0.25, 0.3) is 5.78 Å². The molecule has 1 fully saturated rings. The van der Waals surface area contributed by atoms with E-state index >= 15 is 0 Å². The van der Waals surface area contributed by atoms with Gasteiger partial charge in [-0.15, -0.1) is 0 Å². The zero-order valence-electron chi connectivity index (χ0n) is 16.5. The van der Waals surface area contributed by atoms with E-state index < -0.39 is 23.5 Å². The Balaban J connectivity index is 1.94. The molecule has 1 atom stereocenters. The Morgan fingerprint density at radius 3 is 2.58 bits per heavy atom. The molecule has 2 aromatic carbocycles. The number of aromatic nitrogens is 1. The largest absolute Gasteiger partial charge is 0.508 e. The fourth-order valence-corrected chi connectivity index (χ4v) is 3.77. The quantitative estimate of drug-likeness (QED) is 0.358. The molecule has 0 aliphatic carbocycles. The number of phenolic OH excluding ortho intramolecular Hbond substituents is 1. The van der Waals surface area contributed by atoms with Crippen LogP contribution in [0.2, 0.25) is 5.02 Å². The van der Waals surface area contributed by atoms with Gasteiger partial charge in [0.2, 0.25) is 0 Å². The topological polar surface area (TPSA) is 113 Å². The minimum absolute atomic E-state index is 0.0630. The molecule has 2 N–H and O–H groups in total. The predicted octanol–water partition coefficient (Wildman–Crippen LogP) is 3.98. The molecule has 0 radical (unpaired) electrons. The van der Waals surface area contributed by atoms with Crippen LogP contribution in [0.4, 0.5) is 5.82 Å². The van der Waals surface area contributed by atoms with Gasteiger partial charge in [-0.05, 0) is 42.8 Å². The van der Waals surface area contributed by atoms with Gasteiger partial charge in [-0.2, -0.15) is 0 Å². The number of nitrogens with zero attached hydrogens (tertiary/aromatic N) is 2. The second kappa shape index (κ2) is 7.81. The maximum atomic E-state index is 13.0. The fourth-order valence-electron chi connectivity index (χ4n) is 3.52. The van der Waals surface area contributed by atoms with Crippen molar-refractivity contribution in [1.29, 1.82) is 0 Å². The molecule has 0 unspecified atom stereocenters. The molecule has 8 nitrogen and oxygen atoms in total. The summed E-state index contributed by atoms with van der Waals surface area (Å²) in [6.07, 6.45) is 0. The van der Waals surface area contributed by atoms with Crippen molar-refractivity contribution in [1.82, 2.24) is 5.16 Å². The van der Waals surface area contributed by atoms with Crippen LogP contribution < -0.4 is 9.64 Å². The van der Waals surface area contributed by atoms with Crippen molar-refractivity contribution in [2.75, 3.05) is 12.0 Å². The number of aliphatic hydroxyl groups excluding tert-OH is 1. The summed E-state index contributed by atoms with van der Waals surface area (Å²) in [5.41, 5.74) is 0.462. The fraction of sp³-hybridized carbons (Fsp3) is 0.136. The van der Waals surface area contributed by atoms with Gasteiger partial charge in [0, 0.05) is 11.6 Å². The maximum Gasteiger partial charge on any atom is 0.301 e. The Bertz CT molecular complexity index is 1230. The number of aryl methyl sites for hydroxylation is 1. The highest BCUT2D eigenvalue weighted by Crippen LogP contribution is 2.43. The van der Waals surface area contributed by atoms with E-state index in [1.54, 1.807) is 19.1 Å². The Morgan fingerprint density at radius 1 is 1.19 bits per heavy atom. The first-order chi connectivity index (χ1) is 14.8. The first-order valence-corrected chi connectivity index (χ1v) is 9.56. The van der Waals surface area contributed by atoms with Crippen molar-refractivity contribution in [3.63, 3.8) is 0 Å². The molecule has 158 valence electrons. The number of Topliss-reactive ketones (excluding diaryl/α,β-unsaturated/α-hetero) is 1. The van der Waals surface area contributed by atoms with E-state index in [4.69, 9.17) is 20.9 Å². The number of carbonyl (C=O) groups excluding carboxylic acids is 2. The summed E-state index contributed by atoms with van der Waals surface area (Å²) in [7, 11) is 1.45. The highest BCUT2D eigenvalue weighted by Gasteiger charge is 2.48. The lowest BCUT2D eigenvalue weighted by molar-refractivity contribution is -0.132. The Kier molecular flexibility index (Phi) is 5.16. The molecule has 4 rings (SSSR count). The summed E-state index contributed by atoms with van der Waals surface area (Å²) in [6, 6.07) is 11.0. The molecule has 1 aromatic heterocycles. The summed E-state index contributed by atoms with van der Waals surface area (Å²) in [4.78, 5) is 27.1. The number of amides is 1. The number of ether oxygens (including phenoxy) is 1. The second-order valence-corrected chi connectivity index (χ2v) is 7.32. The van der Waals surface area contributed by atoms with Crippen LogP contribution in [0.1, 0.15) is 22.9 Å². The van der Waals surface area contributed by atoms with Crippen LogP contribution in [-0.4, -0.2) is 34.2 Å². The third kappa shape index (κ3) is 3.51. The van der Waals surface area contributed by atoms with Gasteiger partial charge in [0.05, 0.1) is 23.7 Å². The molecular formula is C22H17ClN2O6. The number of halogens is 1. The lowest BCUT2D eigenvalue weighted by Gasteiger charge is -2.23. The van der Waals surface area contributed by atoms with Gasteiger partial charge in [-0.25, -0.2) is 0 Å².